The number of aryl methyl sites for hydroxylation is 2. The molecule has 6 nitrogen and oxygen atoms in total. The van der Waals surface area contributed by atoms with Gasteiger partial charge in [0.15, 0.2) is 0 Å². The van der Waals surface area contributed by atoms with Crippen LogP contribution in [-0.2, 0) is 11.2 Å². The molecule has 0 aliphatic carbocycles. The van der Waals surface area contributed by atoms with Gasteiger partial charge in [-0.2, -0.15) is 0 Å². The average molecular weight is 322 g/mol. The molecule has 1 aromatic carbocycles. The number of nitrogens with one attached hydrogen (secondary N) is 2. The third-order valence-corrected chi connectivity index (χ3v) is 3.46. The number of hydrogen-bond acceptors (Lipinski definition) is 4. The highest BCUT2D eigenvalue weighted by atomic mass is 35.5. The highest BCUT2D eigenvalue weighted by molar-refractivity contribution is 6.30. The molecule has 0 spiro atoms. The van der Waals surface area contributed by atoms with Crippen LogP contribution in [0.5, 0.6) is 0 Å². The van der Waals surface area contributed by atoms with Crippen LogP contribution in [0.25, 0.3) is 0 Å². The van der Waals surface area contributed by atoms with E-state index in [2.05, 4.69) is 16.0 Å². The minimum absolute atomic E-state index is 0.226. The molecular weight excluding hydrogens is 306 g/mol. The Morgan fingerprint density at radius 1 is 1.18 bits per heavy atom. The molecule has 0 radical (unpaired) electrons. The van der Waals surface area contributed by atoms with E-state index in [4.69, 9.17) is 16.1 Å². The molecule has 2 aromatic rings. The zero-order valence-corrected chi connectivity index (χ0v) is 13.0. The molecular formula is C15H16ClN3O3. The van der Waals surface area contributed by atoms with Crippen LogP contribution in [0.15, 0.2) is 28.8 Å². The zero-order valence-electron chi connectivity index (χ0n) is 12.3. The molecule has 116 valence electrons. The third kappa shape index (κ3) is 4.08. The fourth-order valence-electron chi connectivity index (χ4n) is 1.96. The Bertz CT molecular complexity index is 660. The number of aromatic nitrogens is 1. The van der Waals surface area contributed by atoms with Crippen molar-refractivity contribution in [3.63, 3.8) is 0 Å². The number of hydrogen-bond donors (Lipinski definition) is 2. The van der Waals surface area contributed by atoms with E-state index in [9.17, 15) is 9.59 Å². The first-order valence-electron chi connectivity index (χ1n) is 6.74. The van der Waals surface area contributed by atoms with Gasteiger partial charge in [-0.15, -0.1) is 0 Å². The van der Waals surface area contributed by atoms with Crippen molar-refractivity contribution in [2.45, 2.75) is 26.7 Å². The summed E-state index contributed by atoms with van der Waals surface area (Å²) in [6.07, 6.45) is 0.730. The highest BCUT2D eigenvalue weighted by Gasteiger charge is 2.12. The number of benzene rings is 1. The molecule has 7 heteroatoms. The predicted molar refractivity (Wildman–Crippen MR) is 81.4 cm³/mol. The first-order valence-corrected chi connectivity index (χ1v) is 7.11. The Labute approximate surface area is 132 Å². The van der Waals surface area contributed by atoms with Crippen molar-refractivity contribution in [1.82, 2.24) is 16.0 Å². The standard InChI is InChI=1S/C15H16ClN3O3/c1-9-13(10(2)22-19-9)7-8-14(20)17-18-15(21)11-3-5-12(16)6-4-11/h3-6H,7-8H2,1-2H3,(H,17,20)(H,18,21). The van der Waals surface area contributed by atoms with E-state index in [1.807, 2.05) is 6.92 Å². The summed E-state index contributed by atoms with van der Waals surface area (Å²) in [7, 11) is 0. The van der Waals surface area contributed by atoms with E-state index >= 15 is 0 Å². The summed E-state index contributed by atoms with van der Waals surface area (Å²) >= 11 is 5.75. The molecule has 2 rings (SSSR count). The van der Waals surface area contributed by atoms with Crippen molar-refractivity contribution in [3.8, 4) is 0 Å². The molecule has 0 aliphatic rings. The summed E-state index contributed by atoms with van der Waals surface area (Å²) in [6, 6.07) is 6.37. The van der Waals surface area contributed by atoms with Crippen LogP contribution in [0.2, 0.25) is 5.02 Å². The smallest absolute Gasteiger partial charge is 0.269 e. The van der Waals surface area contributed by atoms with E-state index in [1.165, 1.54) is 0 Å². The Hall–Kier alpha value is -2.34. The molecule has 0 saturated heterocycles. The van der Waals surface area contributed by atoms with Gasteiger partial charge in [-0.05, 0) is 44.5 Å². The van der Waals surface area contributed by atoms with Gasteiger partial charge in [-0.25, -0.2) is 0 Å². The lowest BCUT2D eigenvalue weighted by Crippen LogP contribution is -2.41. The van der Waals surface area contributed by atoms with Crippen LogP contribution in [-0.4, -0.2) is 17.0 Å². The number of amides is 2. The average Bonchev–Trinajstić information content (AvgIpc) is 2.82. The third-order valence-electron chi connectivity index (χ3n) is 3.21. The van der Waals surface area contributed by atoms with Gasteiger partial charge in [0, 0.05) is 22.6 Å². The van der Waals surface area contributed by atoms with Crippen LogP contribution >= 0.6 is 11.6 Å². The normalized spacial score (nSPS) is 10.3. The molecule has 0 atom stereocenters. The van der Waals surface area contributed by atoms with Gasteiger partial charge < -0.3 is 4.52 Å². The first kappa shape index (κ1) is 16.0. The van der Waals surface area contributed by atoms with E-state index in [0.29, 0.717) is 22.8 Å². The largest absolute Gasteiger partial charge is 0.361 e. The van der Waals surface area contributed by atoms with Crippen LogP contribution in [0, 0.1) is 13.8 Å². The van der Waals surface area contributed by atoms with E-state index in [0.717, 1.165) is 11.3 Å². The minimum atomic E-state index is -0.401. The quantitative estimate of drug-likeness (QED) is 0.846. The van der Waals surface area contributed by atoms with Gasteiger partial charge in [-0.3, -0.25) is 20.4 Å². The summed E-state index contributed by atoms with van der Waals surface area (Å²) in [5.74, 6) is 0.0140. The summed E-state index contributed by atoms with van der Waals surface area (Å²) in [6.45, 7) is 3.63. The minimum Gasteiger partial charge on any atom is -0.361 e. The second-order valence-corrected chi connectivity index (χ2v) is 5.25. The lowest BCUT2D eigenvalue weighted by molar-refractivity contribution is -0.121. The number of rotatable bonds is 4. The van der Waals surface area contributed by atoms with Crippen LogP contribution in [0.4, 0.5) is 0 Å². The maximum absolute atomic E-state index is 11.8. The summed E-state index contributed by atoms with van der Waals surface area (Å²) in [5.41, 5.74) is 6.83. The van der Waals surface area contributed by atoms with E-state index < -0.39 is 5.91 Å². The van der Waals surface area contributed by atoms with Gasteiger partial charge >= 0.3 is 0 Å². The van der Waals surface area contributed by atoms with Crippen molar-refractivity contribution in [2.24, 2.45) is 0 Å². The molecule has 1 heterocycles. The highest BCUT2D eigenvalue weighted by Crippen LogP contribution is 2.14. The molecule has 0 aliphatic heterocycles. The Morgan fingerprint density at radius 3 is 2.45 bits per heavy atom. The maximum Gasteiger partial charge on any atom is 0.269 e. The predicted octanol–water partition coefficient (Wildman–Crippen LogP) is 2.34. The Balaban J connectivity index is 1.80. The Morgan fingerprint density at radius 2 is 1.86 bits per heavy atom. The number of hydrazine groups is 1. The summed E-state index contributed by atoms with van der Waals surface area (Å²) in [5, 5.41) is 4.37. The molecule has 2 amide bonds. The monoisotopic (exact) mass is 321 g/mol. The van der Waals surface area contributed by atoms with Crippen molar-refractivity contribution in [1.29, 1.82) is 0 Å². The Kier molecular flexibility index (Phi) is 5.16. The number of halogens is 1. The lowest BCUT2D eigenvalue weighted by Gasteiger charge is -2.07. The summed E-state index contributed by atoms with van der Waals surface area (Å²) < 4.78 is 5.03. The van der Waals surface area contributed by atoms with E-state index in [-0.39, 0.29) is 12.3 Å². The van der Waals surface area contributed by atoms with Gasteiger partial charge in [0.1, 0.15) is 5.76 Å². The van der Waals surface area contributed by atoms with Crippen molar-refractivity contribution < 1.29 is 14.1 Å². The molecule has 0 saturated carbocycles. The van der Waals surface area contributed by atoms with Crippen molar-refractivity contribution in [2.75, 3.05) is 0 Å². The fraction of sp³-hybridized carbons (Fsp3) is 0.267. The zero-order chi connectivity index (χ0) is 16.1. The van der Waals surface area contributed by atoms with Crippen molar-refractivity contribution in [3.05, 3.63) is 51.9 Å². The van der Waals surface area contributed by atoms with Crippen LogP contribution in [0.1, 0.15) is 33.8 Å². The second-order valence-electron chi connectivity index (χ2n) is 4.81. The number of carbonyl (C=O) groups is 2. The van der Waals surface area contributed by atoms with Gasteiger partial charge in [0.05, 0.1) is 5.69 Å². The molecule has 0 fully saturated rings. The molecule has 22 heavy (non-hydrogen) atoms. The SMILES string of the molecule is Cc1noc(C)c1CCC(=O)NNC(=O)c1ccc(Cl)cc1. The molecule has 0 bridgehead atoms. The summed E-state index contributed by atoms with van der Waals surface area (Å²) in [4.78, 5) is 23.6. The lowest BCUT2D eigenvalue weighted by atomic mass is 10.1. The molecule has 2 N–H and O–H groups in total. The number of nitrogens with zero attached hydrogens (tertiary/aromatic N) is 1. The maximum atomic E-state index is 11.8. The van der Waals surface area contributed by atoms with Crippen molar-refractivity contribution >= 4 is 23.4 Å². The topological polar surface area (TPSA) is 84.2 Å². The molecule has 1 aromatic heterocycles. The first-order chi connectivity index (χ1) is 10.5. The van der Waals surface area contributed by atoms with Gasteiger partial charge in [-0.1, -0.05) is 16.8 Å². The van der Waals surface area contributed by atoms with Crippen LogP contribution in [0.3, 0.4) is 0 Å². The van der Waals surface area contributed by atoms with E-state index in [1.54, 1.807) is 31.2 Å². The van der Waals surface area contributed by atoms with Gasteiger partial charge in [0.25, 0.3) is 5.91 Å². The second kappa shape index (κ2) is 7.09. The number of carbonyl (C=O) groups excluding carboxylic acids is 2. The fourth-order valence-corrected chi connectivity index (χ4v) is 2.09. The van der Waals surface area contributed by atoms with Crippen LogP contribution < -0.4 is 10.9 Å². The van der Waals surface area contributed by atoms with Gasteiger partial charge in [0.2, 0.25) is 5.91 Å². The molecule has 0 unspecified atom stereocenters.